The van der Waals surface area contributed by atoms with Crippen LogP contribution >= 0.6 is 0 Å². The van der Waals surface area contributed by atoms with Gasteiger partial charge in [0.05, 0.1) is 23.9 Å². The van der Waals surface area contributed by atoms with Gasteiger partial charge in [0, 0.05) is 86.2 Å². The molecule has 2 aromatic heterocycles. The molecule has 6 bridgehead atoms. The summed E-state index contributed by atoms with van der Waals surface area (Å²) in [5, 5.41) is 17.5. The first-order valence-electron chi connectivity index (χ1n) is 22.8. The average molecular weight is 924 g/mol. The maximum atomic E-state index is 14.8. The fraction of sp³-hybridized carbons (Fsp3) is 0.490. The Labute approximate surface area is 386 Å². The van der Waals surface area contributed by atoms with Crippen LogP contribution in [0, 0.1) is 17.3 Å². The Bertz CT molecular complexity index is 2700. The standard InChI is InChI=1S/C49H61N7O9S/c1-9-55-38-16-15-30-25-35(38)39-40(44(64-8)41-34(43(39)55)13-11-18-50-41)49(5,6)27-65-48(61)36-14-12-19-56(52-36)47(60)37(23-29-21-32(30)24-33(57)22-29)51-45(58)42(28(3)4)53(7)46(59)31-17-20-54(26-31)66(62,63)10-2/h10-11,13,15-16,18,21-22,24-25,28,31,36-37,40,42,44,52,57H,2,9,12,14,17,19-20,23,26-27H2,1,3-8H3,(H,51,58)/t31-,36-,37-,40?,42-,44-/m0/s1. The smallest absolute Gasteiger partial charge is 0.324 e. The number of benzene rings is 2. The molecule has 352 valence electrons. The minimum absolute atomic E-state index is 0.0307. The Morgan fingerprint density at radius 2 is 1.89 bits per heavy atom. The Balaban J connectivity index is 1.21. The van der Waals surface area contributed by atoms with Gasteiger partial charge in [-0.3, -0.25) is 29.2 Å². The van der Waals surface area contributed by atoms with Crippen LogP contribution in [-0.2, 0) is 51.6 Å². The number of aromatic nitrogens is 2. The van der Waals surface area contributed by atoms with E-state index in [1.54, 1.807) is 39.3 Å². The molecule has 4 aliphatic rings. The number of rotatable bonds is 9. The highest BCUT2D eigenvalue weighted by Crippen LogP contribution is 2.57. The number of carbonyl (C=O) groups is 4. The summed E-state index contributed by atoms with van der Waals surface area (Å²) >= 11 is 0. The first-order chi connectivity index (χ1) is 31.4. The highest BCUT2D eigenvalue weighted by molar-refractivity contribution is 7.92. The quantitative estimate of drug-likeness (QED) is 0.186. The van der Waals surface area contributed by atoms with E-state index >= 15 is 0 Å². The largest absolute Gasteiger partial charge is 0.508 e. The Kier molecular flexibility index (Phi) is 12.9. The monoisotopic (exact) mass is 923 g/mol. The zero-order valence-corrected chi connectivity index (χ0v) is 39.6. The van der Waals surface area contributed by atoms with Gasteiger partial charge in [-0.15, -0.1) is 0 Å². The number of pyridine rings is 1. The van der Waals surface area contributed by atoms with Crippen molar-refractivity contribution < 1.29 is 42.2 Å². The van der Waals surface area contributed by atoms with Gasteiger partial charge >= 0.3 is 5.97 Å². The minimum atomic E-state index is -3.73. The van der Waals surface area contributed by atoms with E-state index in [0.717, 1.165) is 44.4 Å². The molecule has 66 heavy (non-hydrogen) atoms. The molecule has 0 radical (unpaired) electrons. The van der Waals surface area contributed by atoms with E-state index in [9.17, 15) is 32.7 Å². The molecule has 3 amide bonds. The maximum absolute atomic E-state index is 14.8. The predicted molar refractivity (Wildman–Crippen MR) is 249 cm³/mol. The van der Waals surface area contributed by atoms with Gasteiger partial charge in [0.1, 0.15) is 30.0 Å². The van der Waals surface area contributed by atoms with Gasteiger partial charge < -0.3 is 29.4 Å². The van der Waals surface area contributed by atoms with Crippen LogP contribution in [-0.4, -0.2) is 120 Å². The molecule has 8 rings (SSSR count). The maximum Gasteiger partial charge on any atom is 0.324 e. The van der Waals surface area contributed by atoms with Crippen LogP contribution in [0.25, 0.3) is 33.3 Å². The molecule has 0 saturated carbocycles. The third kappa shape index (κ3) is 8.50. The number of ether oxygens (including phenoxy) is 2. The van der Waals surface area contributed by atoms with Gasteiger partial charge in [-0.2, -0.15) is 4.31 Å². The number of phenols is 1. The number of hydrazine groups is 1. The molecule has 2 aromatic carbocycles. The van der Waals surface area contributed by atoms with E-state index in [0.29, 0.717) is 30.5 Å². The first kappa shape index (κ1) is 46.9. The SMILES string of the molecule is C=CS(=O)(=O)N1CC[C@H](C(=O)N(C)[C@H](C(=O)N[C@H]2Cc3cc(O)cc(c3)-c3ccc4c(c3)c3c(n4CC)-c4cccnc4[C@@H](OC)C3C(C)(C)COC(=O)[C@@H]3CCCN(N3)C2=O)C(C)C)C1. The van der Waals surface area contributed by atoms with Gasteiger partial charge in [0.15, 0.2) is 0 Å². The fourth-order valence-electron chi connectivity index (χ4n) is 10.7. The number of nitrogens with zero attached hydrogens (tertiary/aromatic N) is 5. The Morgan fingerprint density at radius 1 is 1.12 bits per heavy atom. The van der Waals surface area contributed by atoms with Crippen molar-refractivity contribution >= 4 is 44.6 Å². The van der Waals surface area contributed by atoms with Crippen molar-refractivity contribution in [3.8, 4) is 28.1 Å². The molecule has 6 atom stereocenters. The third-order valence-electron chi connectivity index (χ3n) is 13.9. The molecule has 3 N–H and O–H groups in total. The van der Waals surface area contributed by atoms with Gasteiger partial charge in [-0.05, 0) is 90.8 Å². The second kappa shape index (κ2) is 18.2. The van der Waals surface area contributed by atoms with Crippen molar-refractivity contribution in [3.63, 3.8) is 0 Å². The van der Waals surface area contributed by atoms with E-state index in [-0.39, 0.29) is 56.7 Å². The van der Waals surface area contributed by atoms with Crippen LogP contribution in [0.1, 0.15) is 82.7 Å². The molecule has 4 aromatic rings. The van der Waals surface area contributed by atoms with E-state index < -0.39 is 69.3 Å². The van der Waals surface area contributed by atoms with Crippen LogP contribution in [0.2, 0.25) is 0 Å². The zero-order valence-electron chi connectivity index (χ0n) is 38.7. The summed E-state index contributed by atoms with van der Waals surface area (Å²) in [7, 11) is -0.533. The molecule has 17 heteroatoms. The number of hydrogen-bond donors (Lipinski definition) is 3. The molecule has 2 fully saturated rings. The van der Waals surface area contributed by atoms with Crippen LogP contribution in [0.5, 0.6) is 5.75 Å². The molecule has 1 aliphatic carbocycles. The molecule has 16 nitrogen and oxygen atoms in total. The number of hydrogen-bond acceptors (Lipinski definition) is 11. The Morgan fingerprint density at radius 3 is 2.61 bits per heavy atom. The number of likely N-dealkylation sites (N-methyl/N-ethyl adjacent to an activating group) is 1. The summed E-state index contributed by atoms with van der Waals surface area (Å²) < 4.78 is 41.0. The average Bonchev–Trinajstić information content (AvgIpc) is 3.93. The fourth-order valence-corrected chi connectivity index (χ4v) is 11.7. The van der Waals surface area contributed by atoms with E-state index in [1.165, 1.54) is 21.3 Å². The van der Waals surface area contributed by atoms with Crippen molar-refractivity contribution in [2.24, 2.45) is 17.3 Å². The van der Waals surface area contributed by atoms with Gasteiger partial charge in [0.25, 0.3) is 5.91 Å². The van der Waals surface area contributed by atoms with Gasteiger partial charge in [0.2, 0.25) is 21.8 Å². The second-order valence-corrected chi connectivity index (χ2v) is 20.9. The lowest BCUT2D eigenvalue weighted by Gasteiger charge is -2.42. The number of nitrogens with one attached hydrogen (secondary N) is 2. The normalized spacial score (nSPS) is 23.8. The molecule has 1 unspecified atom stereocenters. The number of methoxy groups -OCH3 is 1. The topological polar surface area (TPSA) is 193 Å². The van der Waals surface area contributed by atoms with Crippen molar-refractivity contribution in [3.05, 3.63) is 83.5 Å². The summed E-state index contributed by atoms with van der Waals surface area (Å²) in [5.41, 5.74) is 9.32. The van der Waals surface area contributed by atoms with Crippen LogP contribution in [0.3, 0.4) is 0 Å². The van der Waals surface area contributed by atoms with E-state index in [1.807, 2.05) is 18.2 Å². The molecule has 2 saturated heterocycles. The molecular weight excluding hydrogens is 863 g/mol. The summed E-state index contributed by atoms with van der Waals surface area (Å²) in [6.07, 6.45) is 2.41. The van der Waals surface area contributed by atoms with Crippen molar-refractivity contribution in [1.82, 2.24) is 34.5 Å². The lowest BCUT2D eigenvalue weighted by molar-refractivity contribution is -0.156. The number of aryl methyl sites for hydroxylation is 1. The van der Waals surface area contributed by atoms with Crippen molar-refractivity contribution in [2.75, 3.05) is 40.4 Å². The number of cyclic esters (lactones) is 1. The van der Waals surface area contributed by atoms with Gasteiger partial charge in [-0.25, -0.2) is 13.8 Å². The van der Waals surface area contributed by atoms with E-state index in [4.69, 9.17) is 14.5 Å². The number of carbonyl (C=O) groups excluding carboxylic acids is 4. The van der Waals surface area contributed by atoms with Crippen LogP contribution in [0.15, 0.2) is 66.7 Å². The van der Waals surface area contributed by atoms with Crippen molar-refractivity contribution in [2.45, 2.75) is 97.0 Å². The predicted octanol–water partition coefficient (Wildman–Crippen LogP) is 5.26. The highest BCUT2D eigenvalue weighted by atomic mass is 32.2. The summed E-state index contributed by atoms with van der Waals surface area (Å²) in [6, 6.07) is 12.3. The third-order valence-corrected chi connectivity index (χ3v) is 15.4. The van der Waals surface area contributed by atoms with Crippen LogP contribution < -0.4 is 10.7 Å². The summed E-state index contributed by atoms with van der Waals surface area (Å²) in [4.78, 5) is 63.5. The lowest BCUT2D eigenvalue weighted by Crippen LogP contribution is -2.62. The van der Waals surface area contributed by atoms with Crippen molar-refractivity contribution in [1.29, 1.82) is 0 Å². The summed E-state index contributed by atoms with van der Waals surface area (Å²) in [5.74, 6) is -3.43. The Hall–Kier alpha value is -5.62. The number of sulfonamides is 1. The minimum Gasteiger partial charge on any atom is -0.508 e. The molecular formula is C49H61N7O9S. The lowest BCUT2D eigenvalue weighted by atomic mass is 9.67. The van der Waals surface area contributed by atoms with Crippen LogP contribution in [0.4, 0.5) is 0 Å². The number of amides is 3. The zero-order chi connectivity index (χ0) is 47.4. The molecule has 3 aliphatic heterocycles. The number of fused-ring (bicyclic) bond motifs is 8. The second-order valence-electron chi connectivity index (χ2n) is 19.1. The van der Waals surface area contributed by atoms with E-state index in [2.05, 4.69) is 60.9 Å². The molecule has 5 heterocycles. The number of phenolic OH excluding ortho intramolecular Hbond substituents is 1. The number of esters is 1. The van der Waals surface area contributed by atoms with Gasteiger partial charge in [-0.1, -0.05) is 46.4 Å². The molecule has 0 spiro atoms. The number of aromatic hydroxyl groups is 1. The highest BCUT2D eigenvalue weighted by Gasteiger charge is 2.48. The summed E-state index contributed by atoms with van der Waals surface area (Å²) in [6.45, 7) is 14.3. The first-order valence-corrected chi connectivity index (χ1v) is 24.3.